The number of hydrogen-bond acceptors (Lipinski definition) is 6. The van der Waals surface area contributed by atoms with Gasteiger partial charge in [-0.05, 0) is 31.2 Å². The maximum absolute atomic E-state index is 13.9. The summed E-state index contributed by atoms with van der Waals surface area (Å²) in [5.41, 5.74) is 3.30. The molecule has 214 valence electrons. The van der Waals surface area contributed by atoms with Gasteiger partial charge in [0, 0.05) is 18.1 Å². The lowest BCUT2D eigenvalue weighted by molar-refractivity contribution is -0.137. The Bertz CT molecular complexity index is 1430. The average Bonchev–Trinajstić information content (AvgIpc) is 3.36. The third-order valence-corrected chi connectivity index (χ3v) is 5.96. The molecule has 4 unspecified atom stereocenters. The quantitative estimate of drug-likeness (QED) is 0.185. The van der Waals surface area contributed by atoms with Gasteiger partial charge in [0.1, 0.15) is 29.8 Å². The van der Waals surface area contributed by atoms with E-state index >= 15 is 0 Å². The molecule has 2 heterocycles. The molecule has 1 saturated heterocycles. The molecule has 1 fully saturated rings. The van der Waals surface area contributed by atoms with Crippen molar-refractivity contribution in [1.29, 1.82) is 0 Å². The fraction of sp³-hybridized carbons (Fsp3) is 0.333. The molecular weight excluding hydrogens is 553 g/mol. The van der Waals surface area contributed by atoms with Crippen LogP contribution in [-0.4, -0.2) is 61.8 Å². The summed E-state index contributed by atoms with van der Waals surface area (Å²) in [6, 6.07) is 1.97. The first kappa shape index (κ1) is 29.1. The van der Waals surface area contributed by atoms with Crippen LogP contribution in [0.2, 0.25) is 0 Å². The van der Waals surface area contributed by atoms with Crippen LogP contribution in [-0.2, 0) is 10.9 Å². The molecule has 4 atom stereocenters. The van der Waals surface area contributed by atoms with Gasteiger partial charge in [-0.15, -0.1) is 5.10 Å². The van der Waals surface area contributed by atoms with Gasteiger partial charge in [-0.2, -0.15) is 13.2 Å². The van der Waals surface area contributed by atoms with Crippen LogP contribution in [0.1, 0.15) is 24.9 Å². The van der Waals surface area contributed by atoms with Gasteiger partial charge in [-0.3, -0.25) is 0 Å². The average molecular weight is 574 g/mol. The lowest BCUT2D eigenvalue weighted by Gasteiger charge is -2.38. The summed E-state index contributed by atoms with van der Waals surface area (Å²) in [6.45, 7) is 0.561. The standard InChI is InChI=1S/C24H21F7N6O3/c1-10(32)33-23(34-16-6-12(25)2-3-13(16)24(29,30)31)19-7-18(22(39)20(9-38)40-19)37-8-17(35-36-37)11-4-14(26)21(28)15(27)5-11/h2-6,8,18-20,22,38-39H,7,9H2,1H3,(H2,32,33,34). The predicted octanol–water partition coefficient (Wildman–Crippen LogP) is 3.68. The minimum absolute atomic E-state index is 0.104. The number of rotatable bonds is 5. The highest BCUT2D eigenvalue weighted by Crippen LogP contribution is 2.38. The molecule has 1 aliphatic rings. The predicted molar refractivity (Wildman–Crippen MR) is 127 cm³/mol. The number of nitrogens with two attached hydrogens (primary N) is 1. The van der Waals surface area contributed by atoms with Gasteiger partial charge in [0.25, 0.3) is 0 Å². The molecule has 1 aliphatic heterocycles. The van der Waals surface area contributed by atoms with Crippen molar-refractivity contribution < 1.29 is 45.7 Å². The van der Waals surface area contributed by atoms with Crippen molar-refractivity contribution >= 4 is 17.4 Å². The molecule has 0 amide bonds. The Labute approximate surface area is 221 Å². The number of aromatic nitrogens is 3. The number of halogens is 7. The molecule has 0 spiro atoms. The molecule has 4 N–H and O–H groups in total. The Morgan fingerprint density at radius 2 is 1.82 bits per heavy atom. The molecule has 0 aliphatic carbocycles. The van der Waals surface area contributed by atoms with Gasteiger partial charge < -0.3 is 20.7 Å². The molecule has 3 aromatic rings. The van der Waals surface area contributed by atoms with E-state index in [1.54, 1.807) is 0 Å². The zero-order chi connectivity index (χ0) is 29.4. The molecule has 40 heavy (non-hydrogen) atoms. The van der Waals surface area contributed by atoms with Crippen molar-refractivity contribution in [1.82, 2.24) is 15.0 Å². The van der Waals surface area contributed by atoms with E-state index in [0.29, 0.717) is 30.3 Å². The highest BCUT2D eigenvalue weighted by Gasteiger charge is 2.42. The fourth-order valence-electron chi connectivity index (χ4n) is 4.12. The first-order valence-corrected chi connectivity index (χ1v) is 11.6. The number of alkyl halides is 3. The zero-order valence-electron chi connectivity index (χ0n) is 20.4. The van der Waals surface area contributed by atoms with Gasteiger partial charge in [0.05, 0.1) is 35.9 Å². The highest BCUT2D eigenvalue weighted by atomic mass is 19.4. The number of hydrogen-bond donors (Lipinski definition) is 3. The number of benzene rings is 2. The van der Waals surface area contributed by atoms with Gasteiger partial charge in [-0.25, -0.2) is 32.2 Å². The number of aliphatic hydroxyl groups excluding tert-OH is 2. The van der Waals surface area contributed by atoms with Crippen LogP contribution in [0.5, 0.6) is 0 Å². The van der Waals surface area contributed by atoms with Crippen LogP contribution < -0.4 is 5.73 Å². The van der Waals surface area contributed by atoms with E-state index in [-0.39, 0.29) is 23.5 Å². The minimum Gasteiger partial charge on any atom is -0.394 e. The maximum atomic E-state index is 13.9. The lowest BCUT2D eigenvalue weighted by atomic mass is 9.95. The second kappa shape index (κ2) is 11.3. The van der Waals surface area contributed by atoms with E-state index in [9.17, 15) is 40.9 Å². The second-order valence-electron chi connectivity index (χ2n) is 8.86. The van der Waals surface area contributed by atoms with Gasteiger partial charge in [0.2, 0.25) is 0 Å². The second-order valence-corrected chi connectivity index (χ2v) is 8.86. The smallest absolute Gasteiger partial charge is 0.394 e. The first-order chi connectivity index (χ1) is 18.8. The summed E-state index contributed by atoms with van der Waals surface area (Å²) >= 11 is 0. The highest BCUT2D eigenvalue weighted by molar-refractivity contribution is 5.99. The SMILES string of the molecule is CC(N)=NC(=Nc1cc(F)ccc1C(F)(F)F)C1CC(n2cc(-c3cc(F)c(F)c(F)c3)nn2)C(O)C(CO)O1. The number of amidine groups is 2. The Kier molecular flexibility index (Phi) is 8.23. The van der Waals surface area contributed by atoms with Crippen molar-refractivity contribution in [3.05, 3.63) is 65.4 Å². The maximum Gasteiger partial charge on any atom is 0.418 e. The van der Waals surface area contributed by atoms with Crippen molar-refractivity contribution in [2.75, 3.05) is 6.61 Å². The van der Waals surface area contributed by atoms with E-state index < -0.39 is 77.5 Å². The molecule has 16 heteroatoms. The van der Waals surface area contributed by atoms with Crippen LogP contribution in [0.4, 0.5) is 36.4 Å². The van der Waals surface area contributed by atoms with E-state index in [1.807, 2.05) is 0 Å². The number of nitrogens with zero attached hydrogens (tertiary/aromatic N) is 5. The Hall–Kier alpha value is -3.89. The Morgan fingerprint density at radius 3 is 2.42 bits per heavy atom. The van der Waals surface area contributed by atoms with Gasteiger partial charge >= 0.3 is 6.18 Å². The topological polar surface area (TPSA) is 131 Å². The number of aliphatic hydroxyl groups is 2. The summed E-state index contributed by atoms with van der Waals surface area (Å²) in [7, 11) is 0. The van der Waals surface area contributed by atoms with Crippen LogP contribution in [0.25, 0.3) is 11.3 Å². The fourth-order valence-corrected chi connectivity index (χ4v) is 4.12. The van der Waals surface area contributed by atoms with Gasteiger partial charge in [0.15, 0.2) is 23.3 Å². The summed E-state index contributed by atoms with van der Waals surface area (Å²) < 4.78 is 102. The molecule has 1 aromatic heterocycles. The summed E-state index contributed by atoms with van der Waals surface area (Å²) in [5, 5.41) is 28.2. The Morgan fingerprint density at radius 1 is 1.15 bits per heavy atom. The molecule has 0 saturated carbocycles. The molecule has 2 aromatic carbocycles. The van der Waals surface area contributed by atoms with Crippen molar-refractivity contribution in [3.63, 3.8) is 0 Å². The summed E-state index contributed by atoms with van der Waals surface area (Å²) in [5.74, 6) is -6.19. The minimum atomic E-state index is -4.89. The summed E-state index contributed by atoms with van der Waals surface area (Å²) in [4.78, 5) is 7.84. The van der Waals surface area contributed by atoms with Crippen LogP contribution in [0.15, 0.2) is 46.5 Å². The van der Waals surface area contributed by atoms with Crippen LogP contribution >= 0.6 is 0 Å². The monoisotopic (exact) mass is 574 g/mol. The van der Waals surface area contributed by atoms with Crippen LogP contribution in [0, 0.1) is 23.3 Å². The number of ether oxygens (including phenoxy) is 1. The molecule has 9 nitrogen and oxygen atoms in total. The van der Waals surface area contributed by atoms with Crippen molar-refractivity contribution in [3.8, 4) is 11.3 Å². The largest absolute Gasteiger partial charge is 0.418 e. The van der Waals surface area contributed by atoms with E-state index in [4.69, 9.17) is 10.5 Å². The zero-order valence-corrected chi connectivity index (χ0v) is 20.4. The molecule has 0 radical (unpaired) electrons. The van der Waals surface area contributed by atoms with Crippen molar-refractivity contribution in [2.24, 2.45) is 15.7 Å². The summed E-state index contributed by atoms with van der Waals surface area (Å²) in [6.07, 6.45) is -8.07. The third kappa shape index (κ3) is 6.13. The number of aliphatic imine (C=N–C) groups is 2. The molecular formula is C24H21F7N6O3. The normalized spacial score (nSPS) is 22.6. The third-order valence-electron chi connectivity index (χ3n) is 5.96. The molecule has 0 bridgehead atoms. The lowest BCUT2D eigenvalue weighted by Crippen LogP contribution is -2.50. The van der Waals surface area contributed by atoms with E-state index in [0.717, 1.165) is 4.68 Å². The van der Waals surface area contributed by atoms with E-state index in [1.165, 1.54) is 13.1 Å². The Balaban J connectivity index is 1.74. The van der Waals surface area contributed by atoms with Crippen molar-refractivity contribution in [2.45, 2.75) is 43.9 Å². The van der Waals surface area contributed by atoms with Gasteiger partial charge in [-0.1, -0.05) is 5.21 Å². The molecule has 4 rings (SSSR count). The van der Waals surface area contributed by atoms with Crippen LogP contribution in [0.3, 0.4) is 0 Å². The first-order valence-electron chi connectivity index (χ1n) is 11.6. The van der Waals surface area contributed by atoms with E-state index in [2.05, 4.69) is 20.3 Å².